The summed E-state index contributed by atoms with van der Waals surface area (Å²) < 4.78 is 1.79. The van der Waals surface area contributed by atoms with E-state index in [0.717, 1.165) is 0 Å². The monoisotopic (exact) mass is 182 g/mol. The van der Waals surface area contributed by atoms with Gasteiger partial charge in [-0.3, -0.25) is 4.68 Å². The number of rotatable bonds is 3. The summed E-state index contributed by atoms with van der Waals surface area (Å²) in [5.74, 6) is 0. The molecule has 2 heteroatoms. The molecule has 1 rings (SSSR count). The van der Waals surface area contributed by atoms with Crippen LogP contribution >= 0.6 is 0 Å². The van der Waals surface area contributed by atoms with Crippen molar-refractivity contribution >= 4 is 0 Å². The van der Waals surface area contributed by atoms with Crippen LogP contribution < -0.4 is 0 Å². The Bertz CT molecular complexity index is 183. The van der Waals surface area contributed by atoms with Gasteiger partial charge in [-0.1, -0.05) is 39.5 Å². The second-order valence-corrected chi connectivity index (χ2v) is 3.40. The Morgan fingerprint density at radius 2 is 1.77 bits per heavy atom. The molecule has 1 aromatic rings. The van der Waals surface area contributed by atoms with Crippen LogP contribution in [-0.4, -0.2) is 9.78 Å². The summed E-state index contributed by atoms with van der Waals surface area (Å²) in [4.78, 5) is 0. The summed E-state index contributed by atoms with van der Waals surface area (Å²) in [7, 11) is 1.91. The number of hydrogen-bond acceptors (Lipinski definition) is 1. The van der Waals surface area contributed by atoms with Crippen molar-refractivity contribution in [1.29, 1.82) is 0 Å². The van der Waals surface area contributed by atoms with E-state index in [4.69, 9.17) is 0 Å². The molecule has 0 bridgehead atoms. The van der Waals surface area contributed by atoms with Crippen LogP contribution in [0.2, 0.25) is 0 Å². The van der Waals surface area contributed by atoms with Gasteiger partial charge in [-0.2, -0.15) is 5.10 Å². The molecule has 0 radical (unpaired) electrons. The van der Waals surface area contributed by atoms with Gasteiger partial charge in [0.05, 0.1) is 6.20 Å². The predicted molar refractivity (Wildman–Crippen MR) is 57.8 cm³/mol. The minimum Gasteiger partial charge on any atom is -0.276 e. The van der Waals surface area contributed by atoms with Crippen molar-refractivity contribution in [3.05, 3.63) is 18.0 Å². The second-order valence-electron chi connectivity index (χ2n) is 3.40. The van der Waals surface area contributed by atoms with Crippen molar-refractivity contribution in [1.82, 2.24) is 9.78 Å². The van der Waals surface area contributed by atoms with E-state index >= 15 is 0 Å². The Balaban J connectivity index is 0.000000226. The van der Waals surface area contributed by atoms with Gasteiger partial charge in [0.25, 0.3) is 0 Å². The predicted octanol–water partition coefficient (Wildman–Crippen LogP) is 3.32. The third-order valence-electron chi connectivity index (χ3n) is 1.79. The summed E-state index contributed by atoms with van der Waals surface area (Å²) in [6, 6.07) is 0. The maximum Gasteiger partial charge on any atom is 0.0518 e. The lowest BCUT2D eigenvalue weighted by Gasteiger charge is -1.86. The SMILES string of the molecule is CCCCCC.Cc1cnn(C)c1. The maximum atomic E-state index is 3.93. The molecule has 0 atom stereocenters. The third-order valence-corrected chi connectivity index (χ3v) is 1.79. The molecule has 13 heavy (non-hydrogen) atoms. The van der Waals surface area contributed by atoms with Crippen molar-refractivity contribution < 1.29 is 0 Å². The first-order chi connectivity index (χ1) is 6.20. The van der Waals surface area contributed by atoms with Crippen molar-refractivity contribution in [2.45, 2.75) is 46.5 Å². The van der Waals surface area contributed by atoms with Crippen LogP contribution in [0.1, 0.15) is 45.1 Å². The lowest BCUT2D eigenvalue weighted by atomic mass is 10.2. The van der Waals surface area contributed by atoms with E-state index in [1.807, 2.05) is 26.4 Å². The quantitative estimate of drug-likeness (QED) is 0.656. The number of hydrogen-bond donors (Lipinski definition) is 0. The van der Waals surface area contributed by atoms with Gasteiger partial charge in [-0.05, 0) is 12.5 Å². The van der Waals surface area contributed by atoms with Crippen molar-refractivity contribution in [2.24, 2.45) is 7.05 Å². The maximum absolute atomic E-state index is 3.93. The minimum atomic E-state index is 1.21. The Kier molecular flexibility index (Phi) is 7.36. The van der Waals surface area contributed by atoms with E-state index in [1.54, 1.807) is 4.68 Å². The summed E-state index contributed by atoms with van der Waals surface area (Å²) in [6.45, 7) is 6.48. The van der Waals surface area contributed by atoms with Crippen LogP contribution in [0, 0.1) is 6.92 Å². The number of aromatic nitrogens is 2. The Morgan fingerprint density at radius 1 is 1.23 bits per heavy atom. The molecule has 1 heterocycles. The number of nitrogens with zero attached hydrogens (tertiary/aromatic N) is 2. The molecule has 76 valence electrons. The summed E-state index contributed by atoms with van der Waals surface area (Å²) >= 11 is 0. The third kappa shape index (κ3) is 7.57. The van der Waals surface area contributed by atoms with E-state index in [2.05, 4.69) is 18.9 Å². The van der Waals surface area contributed by atoms with Gasteiger partial charge in [0, 0.05) is 13.2 Å². The Labute approximate surface area is 82.0 Å². The molecule has 0 spiro atoms. The zero-order chi connectivity index (χ0) is 10.1. The molecule has 0 aliphatic heterocycles. The summed E-state index contributed by atoms with van der Waals surface area (Å²) in [6.07, 6.45) is 9.34. The Morgan fingerprint density at radius 3 is 1.92 bits per heavy atom. The first-order valence-electron chi connectivity index (χ1n) is 5.16. The van der Waals surface area contributed by atoms with Crippen LogP contribution in [0.3, 0.4) is 0 Å². The normalized spacial score (nSPS) is 9.23. The van der Waals surface area contributed by atoms with Gasteiger partial charge in [0.1, 0.15) is 0 Å². The highest BCUT2D eigenvalue weighted by atomic mass is 15.2. The molecule has 0 unspecified atom stereocenters. The Hall–Kier alpha value is -0.790. The first kappa shape index (κ1) is 12.2. The van der Waals surface area contributed by atoms with E-state index in [-0.39, 0.29) is 0 Å². The highest BCUT2D eigenvalue weighted by Crippen LogP contribution is 1.95. The summed E-state index contributed by atoms with van der Waals surface area (Å²) in [5.41, 5.74) is 1.21. The molecule has 0 amide bonds. The van der Waals surface area contributed by atoms with Crippen LogP contribution in [0.15, 0.2) is 12.4 Å². The number of aryl methyl sites for hydroxylation is 2. The van der Waals surface area contributed by atoms with Crippen molar-refractivity contribution in [3.63, 3.8) is 0 Å². The average Bonchev–Trinajstić information content (AvgIpc) is 2.47. The second kappa shape index (κ2) is 7.84. The van der Waals surface area contributed by atoms with Gasteiger partial charge >= 0.3 is 0 Å². The summed E-state index contributed by atoms with van der Waals surface area (Å²) in [5, 5.41) is 3.93. The van der Waals surface area contributed by atoms with Gasteiger partial charge < -0.3 is 0 Å². The van der Waals surface area contributed by atoms with Crippen LogP contribution in [0.4, 0.5) is 0 Å². The molecule has 0 fully saturated rings. The molecule has 0 aliphatic rings. The van der Waals surface area contributed by atoms with Crippen LogP contribution in [-0.2, 0) is 7.05 Å². The van der Waals surface area contributed by atoms with E-state index in [0.29, 0.717) is 0 Å². The van der Waals surface area contributed by atoms with Crippen molar-refractivity contribution in [2.75, 3.05) is 0 Å². The van der Waals surface area contributed by atoms with Crippen LogP contribution in [0.5, 0.6) is 0 Å². The lowest BCUT2D eigenvalue weighted by Crippen LogP contribution is -1.83. The van der Waals surface area contributed by atoms with Crippen LogP contribution in [0.25, 0.3) is 0 Å². The minimum absolute atomic E-state index is 1.21. The largest absolute Gasteiger partial charge is 0.276 e. The molecule has 0 N–H and O–H groups in total. The van der Waals surface area contributed by atoms with Gasteiger partial charge in [0.2, 0.25) is 0 Å². The molecule has 0 aliphatic carbocycles. The van der Waals surface area contributed by atoms with Crippen molar-refractivity contribution in [3.8, 4) is 0 Å². The van der Waals surface area contributed by atoms with E-state index < -0.39 is 0 Å². The fraction of sp³-hybridized carbons (Fsp3) is 0.727. The molecule has 0 saturated carbocycles. The van der Waals surface area contributed by atoms with Gasteiger partial charge in [-0.15, -0.1) is 0 Å². The zero-order valence-corrected chi connectivity index (χ0v) is 9.38. The zero-order valence-electron chi connectivity index (χ0n) is 9.38. The van der Waals surface area contributed by atoms with Gasteiger partial charge in [0.15, 0.2) is 0 Å². The van der Waals surface area contributed by atoms with E-state index in [9.17, 15) is 0 Å². The van der Waals surface area contributed by atoms with E-state index in [1.165, 1.54) is 31.2 Å². The number of unbranched alkanes of at least 4 members (excludes halogenated alkanes) is 3. The molecule has 0 saturated heterocycles. The topological polar surface area (TPSA) is 17.8 Å². The highest BCUT2D eigenvalue weighted by molar-refractivity contribution is 4.98. The molecule has 2 nitrogen and oxygen atoms in total. The first-order valence-corrected chi connectivity index (χ1v) is 5.16. The highest BCUT2D eigenvalue weighted by Gasteiger charge is 1.81. The molecular formula is C11H22N2. The fourth-order valence-corrected chi connectivity index (χ4v) is 1.04. The average molecular weight is 182 g/mol. The smallest absolute Gasteiger partial charge is 0.0518 e. The standard InChI is InChI=1S/C6H14.C5H8N2/c1-3-5-6-4-2;1-5-3-6-7(2)4-5/h3-6H2,1-2H3;3-4H,1-2H3. The van der Waals surface area contributed by atoms with Gasteiger partial charge in [-0.25, -0.2) is 0 Å². The molecule has 1 aromatic heterocycles. The molecular weight excluding hydrogens is 160 g/mol. The lowest BCUT2D eigenvalue weighted by molar-refractivity contribution is 0.702. The fourth-order valence-electron chi connectivity index (χ4n) is 1.04. The molecule has 0 aromatic carbocycles.